The Morgan fingerprint density at radius 1 is 0.429 bits per heavy atom. The predicted octanol–water partition coefficient (Wildman–Crippen LogP) is 9.06. The number of ether oxygens (including phenoxy) is 2. The maximum absolute atomic E-state index is 7.05. The van der Waals surface area contributed by atoms with Crippen molar-refractivity contribution in [1.29, 1.82) is 0 Å². The van der Waals surface area contributed by atoms with Crippen LogP contribution in [0.1, 0.15) is 0 Å². The fourth-order valence-electron chi connectivity index (χ4n) is 7.00. The van der Waals surface area contributed by atoms with Crippen LogP contribution in [-0.2, 0) is 0 Å². The topological polar surface area (TPSA) is 23.4 Å². The molecule has 3 heterocycles. The van der Waals surface area contributed by atoms with Crippen LogP contribution in [0.25, 0.3) is 49.0 Å². The van der Waals surface area contributed by atoms with Crippen molar-refractivity contribution in [2.75, 3.05) is 0 Å². The highest BCUT2D eigenvalue weighted by Crippen LogP contribution is 2.56. The zero-order chi connectivity index (χ0) is 27.4. The van der Waals surface area contributed by atoms with E-state index in [4.69, 9.17) is 9.47 Å². The lowest BCUT2D eigenvalue weighted by Gasteiger charge is -2.36. The number of hydrogen-bond acceptors (Lipinski definition) is 2. The van der Waals surface area contributed by atoms with Gasteiger partial charge >= 0.3 is 0 Å². The SMILES string of the molecule is c1ccc2c(c1)Oc1cc(-n3c4ccccc4c4ccccc43)cc3c1P2c1c(c2ccccc2c2ccccc12)O3. The fourth-order valence-corrected chi connectivity index (χ4v) is 9.75. The van der Waals surface area contributed by atoms with Crippen molar-refractivity contribution in [3.63, 3.8) is 0 Å². The highest BCUT2D eigenvalue weighted by atomic mass is 31.1. The number of aromatic nitrogens is 1. The van der Waals surface area contributed by atoms with E-state index in [9.17, 15) is 0 Å². The summed E-state index contributed by atoms with van der Waals surface area (Å²) in [5.74, 6) is 3.63. The van der Waals surface area contributed by atoms with E-state index in [0.29, 0.717) is 0 Å². The van der Waals surface area contributed by atoms with Crippen LogP contribution in [-0.4, -0.2) is 4.57 Å². The first-order valence-electron chi connectivity index (χ1n) is 14.2. The molecule has 2 aliphatic heterocycles. The lowest BCUT2D eigenvalue weighted by molar-refractivity contribution is 0.469. The molecule has 0 aliphatic carbocycles. The number of para-hydroxylation sites is 3. The van der Waals surface area contributed by atoms with Crippen molar-refractivity contribution < 1.29 is 9.47 Å². The van der Waals surface area contributed by atoms with Gasteiger partial charge in [-0.2, -0.15) is 0 Å². The van der Waals surface area contributed by atoms with Gasteiger partial charge < -0.3 is 14.0 Å². The van der Waals surface area contributed by atoms with E-state index >= 15 is 0 Å². The molecule has 0 radical (unpaired) electrons. The van der Waals surface area contributed by atoms with E-state index in [1.165, 1.54) is 37.5 Å². The third-order valence-corrected chi connectivity index (χ3v) is 11.3. The van der Waals surface area contributed by atoms with Gasteiger partial charge in [0.2, 0.25) is 0 Å². The molecular formula is C38H22NO2P. The van der Waals surface area contributed by atoms with E-state index in [1.54, 1.807) is 0 Å². The zero-order valence-electron chi connectivity index (χ0n) is 22.4. The van der Waals surface area contributed by atoms with Gasteiger partial charge in [0.05, 0.1) is 22.0 Å². The zero-order valence-corrected chi connectivity index (χ0v) is 23.3. The molecule has 196 valence electrons. The molecule has 1 unspecified atom stereocenters. The molecule has 10 rings (SSSR count). The molecule has 0 spiro atoms. The molecule has 2 aliphatic rings. The number of rotatable bonds is 1. The average molecular weight is 556 g/mol. The van der Waals surface area contributed by atoms with Crippen molar-refractivity contribution in [2.24, 2.45) is 0 Å². The van der Waals surface area contributed by atoms with E-state index in [2.05, 4.69) is 138 Å². The van der Waals surface area contributed by atoms with Crippen LogP contribution in [0.2, 0.25) is 0 Å². The number of benzene rings is 7. The lowest BCUT2D eigenvalue weighted by atomic mass is 10.0. The van der Waals surface area contributed by atoms with E-state index < -0.39 is 7.92 Å². The maximum atomic E-state index is 7.05. The highest BCUT2D eigenvalue weighted by Gasteiger charge is 2.39. The summed E-state index contributed by atoms with van der Waals surface area (Å²) in [6, 6.07) is 47.6. The Balaban J connectivity index is 1.33. The molecule has 0 amide bonds. The van der Waals surface area contributed by atoms with Crippen molar-refractivity contribution in [2.45, 2.75) is 0 Å². The molecule has 0 saturated heterocycles. The highest BCUT2D eigenvalue weighted by molar-refractivity contribution is 7.81. The molecule has 42 heavy (non-hydrogen) atoms. The fraction of sp³-hybridized carbons (Fsp3) is 0. The minimum absolute atomic E-state index is 0.872. The first-order chi connectivity index (χ1) is 20.8. The summed E-state index contributed by atoms with van der Waals surface area (Å²) in [5.41, 5.74) is 3.36. The summed E-state index contributed by atoms with van der Waals surface area (Å²) in [6.45, 7) is 0. The van der Waals surface area contributed by atoms with Crippen molar-refractivity contribution in [1.82, 2.24) is 4.57 Å². The van der Waals surface area contributed by atoms with Crippen LogP contribution in [0, 0.1) is 0 Å². The molecule has 0 N–H and O–H groups in total. The first-order valence-corrected chi connectivity index (χ1v) is 15.5. The molecule has 1 atom stereocenters. The van der Waals surface area contributed by atoms with Gasteiger partial charge in [-0.15, -0.1) is 0 Å². The second kappa shape index (κ2) is 8.22. The summed E-state index contributed by atoms with van der Waals surface area (Å²) in [6.07, 6.45) is 0. The first kappa shape index (κ1) is 22.6. The van der Waals surface area contributed by atoms with Gasteiger partial charge in [0, 0.05) is 46.8 Å². The Labute approximate surface area is 242 Å². The van der Waals surface area contributed by atoms with Crippen LogP contribution >= 0.6 is 7.92 Å². The molecule has 1 aromatic heterocycles. The monoisotopic (exact) mass is 555 g/mol. The summed E-state index contributed by atoms with van der Waals surface area (Å²) >= 11 is 0. The van der Waals surface area contributed by atoms with Crippen LogP contribution in [0.4, 0.5) is 0 Å². The van der Waals surface area contributed by atoms with Crippen LogP contribution in [0.5, 0.6) is 23.0 Å². The molecule has 0 saturated carbocycles. The Bertz CT molecular complexity index is 2390. The molecule has 7 aromatic carbocycles. The quantitative estimate of drug-likeness (QED) is 0.149. The van der Waals surface area contributed by atoms with Gasteiger partial charge in [-0.25, -0.2) is 0 Å². The third-order valence-electron chi connectivity index (χ3n) is 8.71. The third kappa shape index (κ3) is 2.88. The molecular weight excluding hydrogens is 533 g/mol. The van der Waals surface area contributed by atoms with Gasteiger partial charge in [-0.05, 0) is 34.4 Å². The average Bonchev–Trinajstić information content (AvgIpc) is 3.39. The number of nitrogens with zero attached hydrogens (tertiary/aromatic N) is 1. The van der Waals surface area contributed by atoms with Gasteiger partial charge in [-0.1, -0.05) is 103 Å². The molecule has 8 aromatic rings. The number of hydrogen-bond donors (Lipinski definition) is 0. The smallest absolute Gasteiger partial charge is 0.144 e. The van der Waals surface area contributed by atoms with E-state index in [1.807, 2.05) is 0 Å². The molecule has 4 heteroatoms. The van der Waals surface area contributed by atoms with E-state index in [0.717, 1.165) is 50.4 Å². The van der Waals surface area contributed by atoms with Crippen molar-refractivity contribution in [3.05, 3.63) is 133 Å². The Kier molecular flexibility index (Phi) is 4.42. The van der Waals surface area contributed by atoms with Crippen molar-refractivity contribution >= 4 is 67.2 Å². The summed E-state index contributed by atoms with van der Waals surface area (Å²) < 4.78 is 16.1. The maximum Gasteiger partial charge on any atom is 0.144 e. The summed E-state index contributed by atoms with van der Waals surface area (Å²) in [7, 11) is -0.922. The lowest BCUT2D eigenvalue weighted by Crippen LogP contribution is -2.32. The van der Waals surface area contributed by atoms with E-state index in [-0.39, 0.29) is 0 Å². The molecule has 0 bridgehead atoms. The summed E-state index contributed by atoms with van der Waals surface area (Å²) in [4.78, 5) is 0. The summed E-state index contributed by atoms with van der Waals surface area (Å²) in [5, 5.41) is 11.0. The van der Waals surface area contributed by atoms with Gasteiger partial charge in [0.1, 0.15) is 23.0 Å². The standard InChI is InChI=1S/C38H22NO2P/c1-3-15-28-24(11-1)25-12-2-4-16-29(25)37-36(28)41-34-22-23(21-33-38(34)42(37)35-20-10-9-19-32(35)40-33)39-30-17-7-5-13-26(30)27-14-6-8-18-31(27)39/h1-22H. The van der Waals surface area contributed by atoms with Gasteiger partial charge in [0.15, 0.2) is 0 Å². The normalized spacial score (nSPS) is 14.8. The number of fused-ring (bicyclic) bond motifs is 12. The second-order valence-corrected chi connectivity index (χ2v) is 13.0. The Hall–Kier alpha value is -5.11. The minimum Gasteiger partial charge on any atom is -0.456 e. The minimum atomic E-state index is -0.922. The van der Waals surface area contributed by atoms with Crippen molar-refractivity contribution in [3.8, 4) is 28.7 Å². The van der Waals surface area contributed by atoms with Crippen LogP contribution in [0.3, 0.4) is 0 Å². The van der Waals surface area contributed by atoms with Gasteiger partial charge in [-0.3, -0.25) is 0 Å². The molecule has 3 nitrogen and oxygen atoms in total. The predicted molar refractivity (Wildman–Crippen MR) is 175 cm³/mol. The van der Waals surface area contributed by atoms with Crippen LogP contribution in [0.15, 0.2) is 133 Å². The largest absolute Gasteiger partial charge is 0.456 e. The Morgan fingerprint density at radius 3 is 1.67 bits per heavy atom. The Morgan fingerprint density at radius 2 is 0.952 bits per heavy atom. The van der Waals surface area contributed by atoms with Gasteiger partial charge in [0.25, 0.3) is 0 Å². The van der Waals surface area contributed by atoms with Crippen LogP contribution < -0.4 is 25.4 Å². The molecule has 0 fully saturated rings. The second-order valence-electron chi connectivity index (χ2n) is 10.9.